The number of hydrogen-bond acceptors (Lipinski definition) is 4. The molecule has 0 aliphatic rings. The molecule has 3 nitrogen and oxygen atoms in total. The second-order valence-electron chi connectivity index (χ2n) is 4.07. The van der Waals surface area contributed by atoms with Gasteiger partial charge in [0.1, 0.15) is 11.6 Å². The molecular weight excluding hydrogens is 249 g/mol. The van der Waals surface area contributed by atoms with Crippen molar-refractivity contribution >= 4 is 16.7 Å². The summed E-state index contributed by atoms with van der Waals surface area (Å²) in [5.41, 5.74) is 0.987. The molecule has 0 unspecified atom stereocenters. The number of benzene rings is 1. The molecule has 0 saturated heterocycles. The van der Waals surface area contributed by atoms with E-state index in [1.165, 1.54) is 17.6 Å². The van der Waals surface area contributed by atoms with E-state index in [-0.39, 0.29) is 5.82 Å². The number of nitrogens with one attached hydrogen (secondary N) is 1. The van der Waals surface area contributed by atoms with Crippen LogP contribution in [-0.4, -0.2) is 15.9 Å². The van der Waals surface area contributed by atoms with Gasteiger partial charge >= 0.3 is 0 Å². The monoisotopic (exact) mass is 265 g/mol. The Kier molecular flexibility index (Phi) is 4.64. The summed E-state index contributed by atoms with van der Waals surface area (Å²) in [6, 6.07) is 6.67. The number of rotatable bonds is 6. The molecule has 2 aromatic rings. The summed E-state index contributed by atoms with van der Waals surface area (Å²) in [5.74, 6) is 0.712. The first-order chi connectivity index (χ1) is 8.78. The van der Waals surface area contributed by atoms with Gasteiger partial charge in [-0.25, -0.2) is 9.37 Å². The lowest BCUT2D eigenvalue weighted by molar-refractivity contribution is 0.625. The van der Waals surface area contributed by atoms with Crippen molar-refractivity contribution in [1.29, 1.82) is 0 Å². The van der Waals surface area contributed by atoms with Crippen LogP contribution in [0.25, 0.3) is 0 Å². The Balaban J connectivity index is 1.81. The topological polar surface area (TPSA) is 37.8 Å². The lowest BCUT2D eigenvalue weighted by Gasteiger charge is -2.02. The van der Waals surface area contributed by atoms with Gasteiger partial charge < -0.3 is 5.32 Å². The van der Waals surface area contributed by atoms with Crippen molar-refractivity contribution in [1.82, 2.24) is 9.36 Å². The number of aryl methyl sites for hydroxylation is 1. The Morgan fingerprint density at radius 2 is 2.22 bits per heavy atom. The highest BCUT2D eigenvalue weighted by molar-refractivity contribution is 7.09. The highest BCUT2D eigenvalue weighted by atomic mass is 32.1. The molecule has 1 aromatic heterocycles. The smallest absolute Gasteiger partial charge is 0.202 e. The molecule has 1 N–H and O–H groups in total. The van der Waals surface area contributed by atoms with Gasteiger partial charge in [0.25, 0.3) is 0 Å². The Bertz CT molecular complexity index is 498. The van der Waals surface area contributed by atoms with Crippen LogP contribution in [-0.2, 0) is 12.8 Å². The average molecular weight is 265 g/mol. The molecule has 0 radical (unpaired) electrons. The van der Waals surface area contributed by atoms with E-state index in [9.17, 15) is 4.39 Å². The minimum Gasteiger partial charge on any atom is -0.360 e. The first-order valence-corrected chi connectivity index (χ1v) is 6.86. The highest BCUT2D eigenvalue weighted by Gasteiger charge is 2.02. The van der Waals surface area contributed by atoms with Crippen LogP contribution >= 0.6 is 11.5 Å². The molecular formula is C13H16FN3S. The van der Waals surface area contributed by atoms with Gasteiger partial charge in [0.15, 0.2) is 0 Å². The van der Waals surface area contributed by atoms with Crippen LogP contribution in [0.15, 0.2) is 24.3 Å². The van der Waals surface area contributed by atoms with Gasteiger partial charge in [0.05, 0.1) is 0 Å². The van der Waals surface area contributed by atoms with E-state index in [1.807, 2.05) is 6.07 Å². The van der Waals surface area contributed by atoms with E-state index in [4.69, 9.17) is 0 Å². The number of nitrogens with zero attached hydrogens (tertiary/aromatic N) is 2. The summed E-state index contributed by atoms with van der Waals surface area (Å²) in [4.78, 5) is 4.37. The number of hydrogen-bond donors (Lipinski definition) is 1. The second-order valence-corrected chi connectivity index (χ2v) is 4.82. The lowest BCUT2D eigenvalue weighted by Crippen LogP contribution is -2.04. The third-order valence-corrected chi connectivity index (χ3v) is 3.23. The zero-order chi connectivity index (χ0) is 12.8. The minimum atomic E-state index is -0.186. The van der Waals surface area contributed by atoms with Crippen molar-refractivity contribution in [3.8, 4) is 0 Å². The number of halogens is 1. The molecule has 0 aliphatic heterocycles. The maximum absolute atomic E-state index is 13.0. The molecule has 96 valence electrons. The minimum absolute atomic E-state index is 0.186. The predicted molar refractivity (Wildman–Crippen MR) is 72.5 cm³/mol. The average Bonchev–Trinajstić information content (AvgIpc) is 2.78. The van der Waals surface area contributed by atoms with Gasteiger partial charge in [-0.15, -0.1) is 0 Å². The molecule has 0 saturated carbocycles. The van der Waals surface area contributed by atoms with E-state index >= 15 is 0 Å². The molecule has 18 heavy (non-hydrogen) atoms. The van der Waals surface area contributed by atoms with Crippen LogP contribution in [0.5, 0.6) is 0 Å². The molecule has 2 rings (SSSR count). The molecule has 0 amide bonds. The van der Waals surface area contributed by atoms with Gasteiger partial charge in [-0.2, -0.15) is 4.37 Å². The summed E-state index contributed by atoms with van der Waals surface area (Å²) >= 11 is 1.38. The van der Waals surface area contributed by atoms with Crippen LogP contribution in [0.3, 0.4) is 0 Å². The molecule has 0 fully saturated rings. The van der Waals surface area contributed by atoms with Crippen molar-refractivity contribution in [2.75, 3.05) is 11.9 Å². The van der Waals surface area contributed by atoms with Crippen LogP contribution < -0.4 is 5.32 Å². The van der Waals surface area contributed by atoms with Gasteiger partial charge in [0, 0.05) is 24.5 Å². The molecule has 0 spiro atoms. The second kappa shape index (κ2) is 6.44. The van der Waals surface area contributed by atoms with Crippen LogP contribution in [0.4, 0.5) is 9.52 Å². The van der Waals surface area contributed by atoms with Crippen molar-refractivity contribution in [3.63, 3.8) is 0 Å². The Labute approximate surface area is 110 Å². The molecule has 5 heteroatoms. The summed E-state index contributed by atoms with van der Waals surface area (Å²) in [5, 5.41) is 4.06. The van der Waals surface area contributed by atoms with Gasteiger partial charge in [-0.05, 0) is 30.5 Å². The summed E-state index contributed by atoms with van der Waals surface area (Å²) in [7, 11) is 0. The maximum Gasteiger partial charge on any atom is 0.202 e. The fourth-order valence-electron chi connectivity index (χ4n) is 1.66. The Hall–Kier alpha value is -1.49. The SMILES string of the molecule is CCCc1nsc(NCCc2cccc(F)c2)n1. The van der Waals surface area contributed by atoms with Crippen molar-refractivity contribution in [3.05, 3.63) is 41.5 Å². The number of anilines is 1. The summed E-state index contributed by atoms with van der Waals surface area (Å²) in [6.45, 7) is 2.85. The van der Waals surface area contributed by atoms with E-state index in [1.54, 1.807) is 12.1 Å². The molecule has 0 atom stereocenters. The van der Waals surface area contributed by atoms with E-state index in [0.29, 0.717) is 0 Å². The zero-order valence-corrected chi connectivity index (χ0v) is 11.1. The lowest BCUT2D eigenvalue weighted by atomic mass is 10.1. The third-order valence-electron chi connectivity index (χ3n) is 2.52. The van der Waals surface area contributed by atoms with Gasteiger partial charge in [-0.1, -0.05) is 19.1 Å². The molecule has 0 bridgehead atoms. The van der Waals surface area contributed by atoms with Crippen LogP contribution in [0.2, 0.25) is 0 Å². The predicted octanol–water partition coefficient (Wildman–Crippen LogP) is 3.28. The fraction of sp³-hybridized carbons (Fsp3) is 0.385. The van der Waals surface area contributed by atoms with Crippen molar-refractivity contribution in [2.24, 2.45) is 0 Å². The largest absolute Gasteiger partial charge is 0.360 e. The summed E-state index contributed by atoms with van der Waals surface area (Å²) < 4.78 is 17.2. The first kappa shape index (κ1) is 13.0. The highest BCUT2D eigenvalue weighted by Crippen LogP contribution is 2.12. The van der Waals surface area contributed by atoms with Crippen molar-refractivity contribution < 1.29 is 4.39 Å². The Morgan fingerprint density at radius 1 is 1.33 bits per heavy atom. The quantitative estimate of drug-likeness (QED) is 0.871. The van der Waals surface area contributed by atoms with E-state index < -0.39 is 0 Å². The van der Waals surface area contributed by atoms with Crippen LogP contribution in [0.1, 0.15) is 24.7 Å². The number of aromatic nitrogens is 2. The van der Waals surface area contributed by atoms with Crippen molar-refractivity contribution in [2.45, 2.75) is 26.2 Å². The zero-order valence-electron chi connectivity index (χ0n) is 10.3. The third kappa shape index (κ3) is 3.77. The first-order valence-electron chi connectivity index (χ1n) is 6.09. The van der Waals surface area contributed by atoms with E-state index in [2.05, 4.69) is 21.6 Å². The standard InChI is InChI=1S/C13H16FN3S/c1-2-4-12-16-13(18-17-12)15-8-7-10-5-3-6-11(14)9-10/h3,5-6,9H,2,4,7-8H2,1H3,(H,15,16,17). The Morgan fingerprint density at radius 3 is 3.00 bits per heavy atom. The maximum atomic E-state index is 13.0. The normalized spacial score (nSPS) is 10.6. The van der Waals surface area contributed by atoms with Gasteiger partial charge in [0.2, 0.25) is 5.13 Å². The molecule has 1 heterocycles. The molecule has 0 aliphatic carbocycles. The summed E-state index contributed by atoms with van der Waals surface area (Å²) in [6.07, 6.45) is 2.75. The molecule has 1 aromatic carbocycles. The van der Waals surface area contributed by atoms with E-state index in [0.717, 1.165) is 42.3 Å². The fourth-order valence-corrected chi connectivity index (χ4v) is 2.29. The van der Waals surface area contributed by atoms with Crippen LogP contribution in [0, 0.1) is 5.82 Å². The van der Waals surface area contributed by atoms with Gasteiger partial charge in [-0.3, -0.25) is 0 Å².